The summed E-state index contributed by atoms with van der Waals surface area (Å²) in [5.74, 6) is -1.09. The molecule has 0 saturated carbocycles. The second-order valence-electron chi connectivity index (χ2n) is 6.00. The summed E-state index contributed by atoms with van der Waals surface area (Å²) in [6.45, 7) is 7.85. The van der Waals surface area contributed by atoms with Crippen LogP contribution in [0.3, 0.4) is 0 Å². The molecule has 1 amide bonds. The number of nitrogens with zero attached hydrogens (tertiary/aromatic N) is 1. The Bertz CT molecular complexity index is 742. The fourth-order valence-electron chi connectivity index (χ4n) is 2.68. The zero-order valence-corrected chi connectivity index (χ0v) is 13.9. The van der Waals surface area contributed by atoms with Gasteiger partial charge in [0.25, 0.3) is 5.91 Å². The third kappa shape index (κ3) is 4.28. The first kappa shape index (κ1) is 17.9. The van der Waals surface area contributed by atoms with E-state index >= 15 is 0 Å². The number of carbonyl (C=O) groups is 1. The van der Waals surface area contributed by atoms with E-state index in [1.165, 1.54) is 17.2 Å². The highest BCUT2D eigenvalue weighted by atomic mass is 19.1. The van der Waals surface area contributed by atoms with E-state index < -0.39 is 11.6 Å². The Morgan fingerprint density at radius 2 is 1.96 bits per heavy atom. The SMILES string of the molecule is C=CN(CC(C)Cc1cc(F)ccc1F)C(=O)c1ccccc1C. The molecule has 0 aromatic heterocycles. The van der Waals surface area contributed by atoms with E-state index in [4.69, 9.17) is 0 Å². The molecule has 0 spiro atoms. The van der Waals surface area contributed by atoms with E-state index in [-0.39, 0.29) is 11.8 Å². The Hall–Kier alpha value is -2.49. The van der Waals surface area contributed by atoms with E-state index in [1.54, 1.807) is 6.07 Å². The summed E-state index contributed by atoms with van der Waals surface area (Å²) < 4.78 is 27.0. The van der Waals surface area contributed by atoms with Crippen LogP contribution in [0.1, 0.15) is 28.4 Å². The summed E-state index contributed by atoms with van der Waals surface area (Å²) in [5.41, 5.74) is 1.81. The van der Waals surface area contributed by atoms with Gasteiger partial charge >= 0.3 is 0 Å². The van der Waals surface area contributed by atoms with Crippen molar-refractivity contribution in [2.24, 2.45) is 5.92 Å². The molecule has 0 aliphatic carbocycles. The van der Waals surface area contributed by atoms with Crippen LogP contribution in [0.2, 0.25) is 0 Å². The average molecular weight is 329 g/mol. The second kappa shape index (κ2) is 7.86. The van der Waals surface area contributed by atoms with Gasteiger partial charge in [-0.3, -0.25) is 4.79 Å². The summed E-state index contributed by atoms with van der Waals surface area (Å²) >= 11 is 0. The van der Waals surface area contributed by atoms with E-state index in [0.717, 1.165) is 17.7 Å². The zero-order valence-electron chi connectivity index (χ0n) is 13.9. The smallest absolute Gasteiger partial charge is 0.258 e. The van der Waals surface area contributed by atoms with Crippen molar-refractivity contribution < 1.29 is 13.6 Å². The predicted molar refractivity (Wildman–Crippen MR) is 91.6 cm³/mol. The third-order valence-corrected chi connectivity index (χ3v) is 3.94. The quantitative estimate of drug-likeness (QED) is 0.750. The van der Waals surface area contributed by atoms with Crippen LogP contribution in [-0.4, -0.2) is 17.4 Å². The van der Waals surface area contributed by atoms with Crippen molar-refractivity contribution in [3.63, 3.8) is 0 Å². The maximum Gasteiger partial charge on any atom is 0.258 e. The first-order chi connectivity index (χ1) is 11.4. The van der Waals surface area contributed by atoms with Crippen LogP contribution in [0.4, 0.5) is 8.78 Å². The number of amides is 1. The zero-order chi connectivity index (χ0) is 17.7. The lowest BCUT2D eigenvalue weighted by Crippen LogP contribution is -2.31. The van der Waals surface area contributed by atoms with E-state index in [0.29, 0.717) is 24.1 Å². The first-order valence-electron chi connectivity index (χ1n) is 7.85. The van der Waals surface area contributed by atoms with Gasteiger partial charge in [0.15, 0.2) is 0 Å². The molecule has 2 nitrogen and oxygen atoms in total. The van der Waals surface area contributed by atoms with Crippen molar-refractivity contribution >= 4 is 5.91 Å². The Morgan fingerprint density at radius 3 is 2.62 bits per heavy atom. The minimum absolute atomic E-state index is 0.0488. The molecule has 0 radical (unpaired) electrons. The van der Waals surface area contributed by atoms with E-state index in [1.807, 2.05) is 32.0 Å². The highest BCUT2D eigenvalue weighted by molar-refractivity contribution is 5.96. The van der Waals surface area contributed by atoms with Gasteiger partial charge < -0.3 is 4.90 Å². The van der Waals surface area contributed by atoms with Crippen LogP contribution in [0.25, 0.3) is 0 Å². The molecule has 2 aromatic carbocycles. The Morgan fingerprint density at radius 1 is 1.25 bits per heavy atom. The normalized spacial score (nSPS) is 11.8. The fraction of sp³-hybridized carbons (Fsp3) is 0.250. The molecule has 0 saturated heterocycles. The van der Waals surface area contributed by atoms with Gasteiger partial charge in [0.2, 0.25) is 0 Å². The third-order valence-electron chi connectivity index (χ3n) is 3.94. The number of halogens is 2. The standard InChI is InChI=1S/C20H21F2NO/c1-4-23(20(24)18-8-6-5-7-15(18)3)13-14(2)11-16-12-17(21)9-10-19(16)22/h4-10,12,14H,1,11,13H2,2-3H3. The van der Waals surface area contributed by atoms with Gasteiger partial charge in [-0.25, -0.2) is 8.78 Å². The van der Waals surface area contributed by atoms with E-state index in [2.05, 4.69) is 6.58 Å². The Balaban J connectivity index is 2.09. The summed E-state index contributed by atoms with van der Waals surface area (Å²) in [7, 11) is 0. The van der Waals surface area contributed by atoms with E-state index in [9.17, 15) is 13.6 Å². The Kier molecular flexibility index (Phi) is 5.85. The second-order valence-corrected chi connectivity index (χ2v) is 6.00. The Labute approximate surface area is 141 Å². The number of benzene rings is 2. The molecule has 0 bridgehead atoms. The van der Waals surface area contributed by atoms with Gasteiger partial charge in [0.1, 0.15) is 11.6 Å². The van der Waals surface area contributed by atoms with Crippen molar-refractivity contribution in [2.45, 2.75) is 20.3 Å². The molecule has 0 aliphatic heterocycles. The van der Waals surface area contributed by atoms with Gasteiger partial charge in [-0.15, -0.1) is 0 Å². The summed E-state index contributed by atoms with van der Waals surface area (Å²) in [4.78, 5) is 14.1. The van der Waals surface area contributed by atoms with Crippen molar-refractivity contribution in [3.8, 4) is 0 Å². The minimum atomic E-state index is -0.463. The monoisotopic (exact) mass is 329 g/mol. The fourth-order valence-corrected chi connectivity index (χ4v) is 2.68. The lowest BCUT2D eigenvalue weighted by molar-refractivity contribution is 0.0805. The molecule has 0 aliphatic rings. The van der Waals surface area contributed by atoms with Crippen molar-refractivity contribution in [1.82, 2.24) is 4.90 Å². The molecule has 0 N–H and O–H groups in total. The molecule has 2 rings (SSSR count). The molecular weight excluding hydrogens is 308 g/mol. The molecule has 1 unspecified atom stereocenters. The molecule has 126 valence electrons. The summed E-state index contributed by atoms with van der Waals surface area (Å²) in [6.07, 6.45) is 1.82. The summed E-state index contributed by atoms with van der Waals surface area (Å²) in [6, 6.07) is 10.8. The van der Waals surface area contributed by atoms with Crippen LogP contribution >= 0.6 is 0 Å². The highest BCUT2D eigenvalue weighted by Gasteiger charge is 2.18. The summed E-state index contributed by atoms with van der Waals surface area (Å²) in [5, 5.41) is 0. The lowest BCUT2D eigenvalue weighted by Gasteiger charge is -2.23. The maximum atomic E-state index is 13.8. The number of carbonyl (C=O) groups excluding carboxylic acids is 1. The first-order valence-corrected chi connectivity index (χ1v) is 7.85. The molecular formula is C20H21F2NO. The predicted octanol–water partition coefficient (Wildman–Crippen LogP) is 4.74. The largest absolute Gasteiger partial charge is 0.315 e. The number of rotatable bonds is 6. The van der Waals surface area contributed by atoms with Gasteiger partial charge in [-0.1, -0.05) is 31.7 Å². The highest BCUT2D eigenvalue weighted by Crippen LogP contribution is 2.17. The minimum Gasteiger partial charge on any atom is -0.315 e. The molecule has 4 heteroatoms. The topological polar surface area (TPSA) is 20.3 Å². The van der Waals surface area contributed by atoms with Crippen LogP contribution < -0.4 is 0 Å². The number of hydrogen-bond acceptors (Lipinski definition) is 1. The van der Waals surface area contributed by atoms with Gasteiger partial charge in [0.05, 0.1) is 0 Å². The van der Waals surface area contributed by atoms with Gasteiger partial charge in [-0.05, 0) is 60.9 Å². The van der Waals surface area contributed by atoms with Crippen LogP contribution in [-0.2, 0) is 6.42 Å². The molecule has 2 aromatic rings. The lowest BCUT2D eigenvalue weighted by atomic mass is 9.99. The van der Waals surface area contributed by atoms with Crippen molar-refractivity contribution in [2.75, 3.05) is 6.54 Å². The molecule has 0 fully saturated rings. The number of aryl methyl sites for hydroxylation is 1. The maximum absolute atomic E-state index is 13.8. The number of hydrogen-bond donors (Lipinski definition) is 0. The van der Waals surface area contributed by atoms with Crippen LogP contribution in [0.5, 0.6) is 0 Å². The molecule has 24 heavy (non-hydrogen) atoms. The van der Waals surface area contributed by atoms with Crippen LogP contribution in [0, 0.1) is 24.5 Å². The van der Waals surface area contributed by atoms with Gasteiger partial charge in [-0.2, -0.15) is 0 Å². The average Bonchev–Trinajstić information content (AvgIpc) is 2.56. The molecule has 1 atom stereocenters. The molecule has 0 heterocycles. The van der Waals surface area contributed by atoms with Crippen LogP contribution in [0.15, 0.2) is 55.2 Å². The van der Waals surface area contributed by atoms with Crippen molar-refractivity contribution in [3.05, 3.63) is 83.6 Å². The van der Waals surface area contributed by atoms with Crippen molar-refractivity contribution in [1.29, 1.82) is 0 Å². The van der Waals surface area contributed by atoms with Gasteiger partial charge in [0, 0.05) is 12.1 Å².